The lowest BCUT2D eigenvalue weighted by Crippen LogP contribution is -2.30. The van der Waals surface area contributed by atoms with Crippen molar-refractivity contribution in [1.82, 2.24) is 4.90 Å². The molecule has 0 bridgehead atoms. The summed E-state index contributed by atoms with van der Waals surface area (Å²) >= 11 is 0. The summed E-state index contributed by atoms with van der Waals surface area (Å²) in [5, 5.41) is 14.0. The number of nitro groups is 1. The van der Waals surface area contributed by atoms with Crippen LogP contribution in [0.4, 0.5) is 11.4 Å². The molecule has 0 heterocycles. The van der Waals surface area contributed by atoms with Crippen molar-refractivity contribution >= 4 is 17.3 Å². The van der Waals surface area contributed by atoms with Crippen molar-refractivity contribution in [2.75, 3.05) is 25.5 Å². The average Bonchev–Trinajstić information content (AvgIpc) is 2.35. The van der Waals surface area contributed by atoms with E-state index in [1.165, 1.54) is 6.07 Å². The Morgan fingerprint density at radius 2 is 2.20 bits per heavy atom. The van der Waals surface area contributed by atoms with Crippen molar-refractivity contribution in [2.24, 2.45) is 5.73 Å². The Hall–Kier alpha value is -2.15. The molecule has 0 aliphatic heterocycles. The zero-order valence-corrected chi connectivity index (χ0v) is 11.8. The van der Waals surface area contributed by atoms with E-state index in [4.69, 9.17) is 5.73 Å². The number of benzene rings is 1. The van der Waals surface area contributed by atoms with Crippen LogP contribution < -0.4 is 11.1 Å². The lowest BCUT2D eigenvalue weighted by molar-refractivity contribution is -0.384. The van der Waals surface area contributed by atoms with E-state index in [0.29, 0.717) is 18.8 Å². The van der Waals surface area contributed by atoms with Crippen LogP contribution in [0.2, 0.25) is 0 Å². The van der Waals surface area contributed by atoms with Gasteiger partial charge in [0.05, 0.1) is 11.5 Å². The van der Waals surface area contributed by atoms with Gasteiger partial charge >= 0.3 is 0 Å². The molecule has 0 saturated heterocycles. The third-order valence-electron chi connectivity index (χ3n) is 2.70. The van der Waals surface area contributed by atoms with Crippen molar-refractivity contribution < 1.29 is 9.72 Å². The largest absolute Gasteiger partial charge is 0.379 e. The number of rotatable bonds is 8. The van der Waals surface area contributed by atoms with Crippen LogP contribution in [0.5, 0.6) is 0 Å². The van der Waals surface area contributed by atoms with Crippen molar-refractivity contribution in [3.8, 4) is 0 Å². The molecule has 0 fully saturated rings. The van der Waals surface area contributed by atoms with Gasteiger partial charge in [0.25, 0.3) is 5.69 Å². The molecule has 0 atom stereocenters. The Labute approximate surface area is 117 Å². The van der Waals surface area contributed by atoms with E-state index in [9.17, 15) is 14.9 Å². The molecule has 7 nitrogen and oxygen atoms in total. The smallest absolute Gasteiger partial charge is 0.292 e. The number of hydrogen-bond donors (Lipinski definition) is 2. The van der Waals surface area contributed by atoms with Crippen molar-refractivity contribution in [3.05, 3.63) is 33.9 Å². The first-order valence-electron chi connectivity index (χ1n) is 6.42. The van der Waals surface area contributed by atoms with Gasteiger partial charge in [-0.2, -0.15) is 0 Å². The Bertz CT molecular complexity index is 491. The number of nitrogens with zero attached hydrogens (tertiary/aromatic N) is 2. The molecule has 7 heteroatoms. The Morgan fingerprint density at radius 1 is 1.50 bits per heavy atom. The minimum Gasteiger partial charge on any atom is -0.379 e. The number of carbonyl (C=O) groups excluding carboxylic acids is 1. The molecule has 3 N–H and O–H groups in total. The molecule has 0 radical (unpaired) electrons. The topological polar surface area (TPSA) is 102 Å². The molecule has 1 aromatic carbocycles. The van der Waals surface area contributed by atoms with E-state index in [1.54, 1.807) is 24.1 Å². The summed E-state index contributed by atoms with van der Waals surface area (Å²) in [5.74, 6) is -0.404. The molecule has 110 valence electrons. The molecule has 0 aliphatic rings. The summed E-state index contributed by atoms with van der Waals surface area (Å²) in [5.41, 5.74) is 6.57. The summed E-state index contributed by atoms with van der Waals surface area (Å²) in [6, 6.07) is 4.91. The number of carbonyl (C=O) groups is 1. The van der Waals surface area contributed by atoms with Gasteiger partial charge in [0, 0.05) is 19.2 Å². The molecule has 0 unspecified atom stereocenters. The maximum Gasteiger partial charge on any atom is 0.292 e. The summed E-state index contributed by atoms with van der Waals surface area (Å²) in [7, 11) is 1.77. The minimum absolute atomic E-state index is 0.0553. The minimum atomic E-state index is -0.408. The van der Waals surface area contributed by atoms with E-state index in [2.05, 4.69) is 5.32 Å². The second-order valence-corrected chi connectivity index (χ2v) is 4.67. The fourth-order valence-electron chi connectivity index (χ4n) is 1.88. The van der Waals surface area contributed by atoms with Crippen LogP contribution in [0.1, 0.15) is 18.9 Å². The van der Waals surface area contributed by atoms with Crippen molar-refractivity contribution in [2.45, 2.75) is 19.9 Å². The fourth-order valence-corrected chi connectivity index (χ4v) is 1.88. The number of anilines is 1. The van der Waals surface area contributed by atoms with Crippen LogP contribution in [0, 0.1) is 10.1 Å². The Balaban J connectivity index is 2.88. The van der Waals surface area contributed by atoms with Crippen LogP contribution >= 0.6 is 0 Å². The number of hydrogen-bond acceptors (Lipinski definition) is 5. The van der Waals surface area contributed by atoms with Gasteiger partial charge in [-0.3, -0.25) is 19.8 Å². The van der Waals surface area contributed by atoms with Gasteiger partial charge in [0.15, 0.2) is 0 Å². The quantitative estimate of drug-likeness (QED) is 0.552. The number of likely N-dealkylation sites (N-methyl/N-ethyl adjacent to an activating group) is 1. The van der Waals surface area contributed by atoms with E-state index < -0.39 is 10.8 Å². The van der Waals surface area contributed by atoms with Gasteiger partial charge in [-0.15, -0.1) is 0 Å². The lowest BCUT2D eigenvalue weighted by Gasteiger charge is -2.15. The normalized spacial score (nSPS) is 10.6. The SMILES string of the molecule is CCCNc1cc(CN(C)CC(N)=O)ccc1[N+](=O)[O-]. The molecule has 1 aromatic rings. The zero-order valence-electron chi connectivity index (χ0n) is 11.8. The first-order valence-corrected chi connectivity index (χ1v) is 6.42. The standard InChI is InChI=1S/C13H20N4O3/c1-3-6-15-11-7-10(4-5-12(11)17(19)20)8-16(2)9-13(14)18/h4-5,7,15H,3,6,8-9H2,1-2H3,(H2,14,18). The molecule has 20 heavy (non-hydrogen) atoms. The average molecular weight is 280 g/mol. The first-order chi connectivity index (χ1) is 9.43. The van der Waals surface area contributed by atoms with E-state index >= 15 is 0 Å². The maximum atomic E-state index is 11.0. The van der Waals surface area contributed by atoms with Crippen LogP contribution in [0.25, 0.3) is 0 Å². The van der Waals surface area contributed by atoms with Gasteiger partial charge in [-0.25, -0.2) is 0 Å². The van der Waals surface area contributed by atoms with Gasteiger partial charge in [0.1, 0.15) is 5.69 Å². The number of nitrogens with two attached hydrogens (primary N) is 1. The number of amides is 1. The highest BCUT2D eigenvalue weighted by atomic mass is 16.6. The lowest BCUT2D eigenvalue weighted by atomic mass is 10.1. The van der Waals surface area contributed by atoms with E-state index in [-0.39, 0.29) is 12.2 Å². The van der Waals surface area contributed by atoms with Gasteiger partial charge < -0.3 is 11.1 Å². The number of primary amides is 1. The fraction of sp³-hybridized carbons (Fsp3) is 0.462. The van der Waals surface area contributed by atoms with E-state index in [1.807, 2.05) is 6.92 Å². The monoisotopic (exact) mass is 280 g/mol. The molecule has 0 saturated carbocycles. The predicted octanol–water partition coefficient (Wildman–Crippen LogP) is 1.33. The third kappa shape index (κ3) is 4.85. The molecular formula is C13H20N4O3. The predicted molar refractivity (Wildman–Crippen MR) is 77.4 cm³/mol. The molecule has 0 spiro atoms. The summed E-state index contributed by atoms with van der Waals surface area (Å²) in [4.78, 5) is 23.1. The van der Waals surface area contributed by atoms with Crippen LogP contribution in [-0.2, 0) is 11.3 Å². The molecule has 0 aromatic heterocycles. The Kier molecular flexibility index (Phi) is 5.92. The highest BCUT2D eigenvalue weighted by Gasteiger charge is 2.14. The first kappa shape index (κ1) is 15.9. The third-order valence-corrected chi connectivity index (χ3v) is 2.70. The van der Waals surface area contributed by atoms with Gasteiger partial charge in [0.2, 0.25) is 5.91 Å². The molecule has 0 aliphatic carbocycles. The molecular weight excluding hydrogens is 260 g/mol. The van der Waals surface area contributed by atoms with Crippen LogP contribution in [0.3, 0.4) is 0 Å². The maximum absolute atomic E-state index is 11.0. The van der Waals surface area contributed by atoms with Crippen molar-refractivity contribution in [1.29, 1.82) is 0 Å². The van der Waals surface area contributed by atoms with Gasteiger partial charge in [-0.05, 0) is 25.1 Å². The number of nitro benzene ring substituents is 1. The van der Waals surface area contributed by atoms with Crippen LogP contribution in [0.15, 0.2) is 18.2 Å². The summed E-state index contributed by atoms with van der Waals surface area (Å²) in [6.45, 7) is 3.31. The summed E-state index contributed by atoms with van der Waals surface area (Å²) in [6.07, 6.45) is 0.878. The summed E-state index contributed by atoms with van der Waals surface area (Å²) < 4.78 is 0. The number of nitrogens with one attached hydrogen (secondary N) is 1. The van der Waals surface area contributed by atoms with Crippen molar-refractivity contribution in [3.63, 3.8) is 0 Å². The van der Waals surface area contributed by atoms with Gasteiger partial charge in [-0.1, -0.05) is 13.0 Å². The zero-order chi connectivity index (χ0) is 15.1. The van der Waals surface area contributed by atoms with Crippen LogP contribution in [-0.4, -0.2) is 35.9 Å². The highest BCUT2D eigenvalue weighted by molar-refractivity contribution is 5.75. The Morgan fingerprint density at radius 3 is 2.75 bits per heavy atom. The second-order valence-electron chi connectivity index (χ2n) is 4.67. The molecule has 1 rings (SSSR count). The second kappa shape index (κ2) is 7.44. The molecule has 1 amide bonds. The van der Waals surface area contributed by atoms with E-state index in [0.717, 1.165) is 12.0 Å². The highest BCUT2D eigenvalue weighted by Crippen LogP contribution is 2.25.